The molecule has 2 rings (SSSR count). The van der Waals surface area contributed by atoms with Gasteiger partial charge in [-0.2, -0.15) is 4.31 Å². The van der Waals surface area contributed by atoms with E-state index in [1.807, 2.05) is 31.2 Å². The minimum atomic E-state index is -3.51. The summed E-state index contributed by atoms with van der Waals surface area (Å²) in [5.74, 6) is 0.304. The van der Waals surface area contributed by atoms with E-state index in [1.165, 1.54) is 16.4 Å². The van der Waals surface area contributed by atoms with Crippen molar-refractivity contribution in [3.05, 3.63) is 54.1 Å². The summed E-state index contributed by atoms with van der Waals surface area (Å²) in [6, 6.07) is 13.6. The molecule has 0 radical (unpaired) electrons. The Hall–Kier alpha value is -2.38. The molecule has 0 aliphatic heterocycles. The minimum absolute atomic E-state index is 0.202. The average molecular weight is 391 g/mol. The highest BCUT2D eigenvalue weighted by Gasteiger charge is 2.21. The van der Waals surface area contributed by atoms with E-state index in [1.54, 1.807) is 32.9 Å². The first kappa shape index (κ1) is 20.9. The summed E-state index contributed by atoms with van der Waals surface area (Å²) in [6.07, 6.45) is -0.688. The number of anilines is 1. The number of nitrogens with one attached hydrogen (secondary N) is 1. The molecule has 146 valence electrons. The fraction of sp³-hybridized carbons (Fsp3) is 0.350. The molecular weight excluding hydrogens is 364 g/mol. The summed E-state index contributed by atoms with van der Waals surface area (Å²) in [5, 5.41) is 2.74. The largest absolute Gasteiger partial charge is 0.481 e. The first-order valence-corrected chi connectivity index (χ1v) is 10.4. The van der Waals surface area contributed by atoms with Crippen molar-refractivity contribution < 1.29 is 17.9 Å². The van der Waals surface area contributed by atoms with Crippen molar-refractivity contribution in [1.29, 1.82) is 0 Å². The Morgan fingerprint density at radius 3 is 2.11 bits per heavy atom. The summed E-state index contributed by atoms with van der Waals surface area (Å²) in [7, 11) is -3.51. The molecule has 0 spiro atoms. The van der Waals surface area contributed by atoms with Crippen molar-refractivity contribution in [2.75, 3.05) is 18.4 Å². The Bertz CT molecular complexity index is 858. The molecule has 1 atom stereocenters. The molecule has 0 heterocycles. The molecule has 1 amide bonds. The second-order valence-electron chi connectivity index (χ2n) is 6.18. The zero-order valence-electron chi connectivity index (χ0n) is 16.1. The van der Waals surface area contributed by atoms with Crippen LogP contribution in [0.25, 0.3) is 0 Å². The Morgan fingerprint density at radius 1 is 1.04 bits per heavy atom. The number of nitrogens with zero attached hydrogens (tertiary/aromatic N) is 1. The van der Waals surface area contributed by atoms with Crippen LogP contribution >= 0.6 is 0 Å². The highest BCUT2D eigenvalue weighted by atomic mass is 32.2. The number of carbonyl (C=O) groups is 1. The SMILES string of the molecule is CCN(CC)S(=O)(=O)c1ccc(NC(=O)[C@H](C)Oc2ccc(C)cc2)cc1. The Labute approximate surface area is 161 Å². The van der Waals surface area contributed by atoms with Gasteiger partial charge in [0.05, 0.1) is 4.90 Å². The van der Waals surface area contributed by atoms with Crippen molar-refractivity contribution in [2.24, 2.45) is 0 Å². The van der Waals surface area contributed by atoms with Crippen molar-refractivity contribution in [3.63, 3.8) is 0 Å². The molecule has 0 aliphatic carbocycles. The van der Waals surface area contributed by atoms with E-state index in [0.717, 1.165) is 5.56 Å². The Kier molecular flexibility index (Phi) is 6.98. The third kappa shape index (κ3) is 5.30. The molecule has 0 unspecified atom stereocenters. The summed E-state index contributed by atoms with van der Waals surface area (Å²) in [6.45, 7) is 8.05. The average Bonchev–Trinajstić information content (AvgIpc) is 2.64. The van der Waals surface area contributed by atoms with Crippen LogP contribution in [-0.2, 0) is 14.8 Å². The van der Waals surface area contributed by atoms with Crippen LogP contribution < -0.4 is 10.1 Å². The van der Waals surface area contributed by atoms with Crippen LogP contribution in [0.1, 0.15) is 26.3 Å². The lowest BCUT2D eigenvalue weighted by Crippen LogP contribution is -2.31. The number of sulfonamides is 1. The van der Waals surface area contributed by atoms with Gasteiger partial charge in [-0.05, 0) is 50.2 Å². The van der Waals surface area contributed by atoms with E-state index in [9.17, 15) is 13.2 Å². The van der Waals surface area contributed by atoms with Crippen LogP contribution in [0, 0.1) is 6.92 Å². The monoisotopic (exact) mass is 390 g/mol. The Morgan fingerprint density at radius 2 is 1.59 bits per heavy atom. The molecule has 7 heteroatoms. The summed E-state index contributed by atoms with van der Waals surface area (Å²) < 4.78 is 32.0. The van der Waals surface area contributed by atoms with Gasteiger partial charge in [-0.15, -0.1) is 0 Å². The van der Waals surface area contributed by atoms with Gasteiger partial charge in [0.1, 0.15) is 5.75 Å². The molecule has 0 saturated heterocycles. The third-order valence-electron chi connectivity index (χ3n) is 4.17. The number of benzene rings is 2. The molecule has 2 aromatic carbocycles. The third-order valence-corrected chi connectivity index (χ3v) is 6.23. The van der Waals surface area contributed by atoms with E-state index in [2.05, 4.69) is 5.32 Å². The van der Waals surface area contributed by atoms with Crippen LogP contribution in [0.3, 0.4) is 0 Å². The standard InChI is InChI=1S/C20H26N2O4S/c1-5-22(6-2)27(24,25)19-13-9-17(10-14-19)21-20(23)16(4)26-18-11-7-15(3)8-12-18/h7-14,16H,5-6H2,1-4H3,(H,21,23)/t16-/m0/s1. The molecule has 0 saturated carbocycles. The lowest BCUT2D eigenvalue weighted by molar-refractivity contribution is -0.122. The van der Waals surface area contributed by atoms with Crippen molar-refractivity contribution in [2.45, 2.75) is 38.7 Å². The number of carbonyl (C=O) groups excluding carboxylic acids is 1. The second-order valence-corrected chi connectivity index (χ2v) is 8.11. The number of ether oxygens (including phenoxy) is 1. The maximum absolute atomic E-state index is 12.5. The summed E-state index contributed by atoms with van der Waals surface area (Å²) >= 11 is 0. The molecule has 0 aliphatic rings. The lowest BCUT2D eigenvalue weighted by Gasteiger charge is -2.19. The van der Waals surface area contributed by atoms with Gasteiger partial charge in [0.25, 0.3) is 5.91 Å². The molecular formula is C20H26N2O4S. The van der Waals surface area contributed by atoms with Crippen LogP contribution in [0.4, 0.5) is 5.69 Å². The van der Waals surface area contributed by atoms with Crippen molar-refractivity contribution in [1.82, 2.24) is 4.31 Å². The molecule has 0 aromatic heterocycles. The van der Waals surface area contributed by atoms with Crippen LogP contribution in [0.2, 0.25) is 0 Å². The maximum Gasteiger partial charge on any atom is 0.265 e. The first-order valence-electron chi connectivity index (χ1n) is 8.92. The van der Waals surface area contributed by atoms with E-state index in [-0.39, 0.29) is 10.8 Å². The predicted molar refractivity (Wildman–Crippen MR) is 106 cm³/mol. The maximum atomic E-state index is 12.5. The van der Waals surface area contributed by atoms with E-state index in [4.69, 9.17) is 4.74 Å². The summed E-state index contributed by atoms with van der Waals surface area (Å²) in [4.78, 5) is 12.5. The molecule has 0 bridgehead atoms. The van der Waals surface area contributed by atoms with Crippen molar-refractivity contribution in [3.8, 4) is 5.75 Å². The molecule has 27 heavy (non-hydrogen) atoms. The van der Waals surface area contributed by atoms with Gasteiger partial charge in [-0.25, -0.2) is 8.42 Å². The number of hydrogen-bond acceptors (Lipinski definition) is 4. The van der Waals surface area contributed by atoms with E-state index < -0.39 is 16.1 Å². The fourth-order valence-electron chi connectivity index (χ4n) is 2.54. The number of aryl methyl sites for hydroxylation is 1. The first-order chi connectivity index (χ1) is 12.8. The van der Waals surface area contributed by atoms with Gasteiger partial charge in [0.2, 0.25) is 10.0 Å². The number of rotatable bonds is 8. The zero-order valence-corrected chi connectivity index (χ0v) is 16.9. The van der Waals surface area contributed by atoms with Gasteiger partial charge >= 0.3 is 0 Å². The smallest absolute Gasteiger partial charge is 0.265 e. The van der Waals surface area contributed by atoms with E-state index >= 15 is 0 Å². The topological polar surface area (TPSA) is 75.7 Å². The normalized spacial score (nSPS) is 12.6. The number of hydrogen-bond donors (Lipinski definition) is 1. The molecule has 2 aromatic rings. The minimum Gasteiger partial charge on any atom is -0.481 e. The molecule has 1 N–H and O–H groups in total. The van der Waals surface area contributed by atoms with Gasteiger partial charge in [0, 0.05) is 18.8 Å². The van der Waals surface area contributed by atoms with Crippen molar-refractivity contribution >= 4 is 21.6 Å². The molecule has 6 nitrogen and oxygen atoms in total. The number of amides is 1. The lowest BCUT2D eigenvalue weighted by atomic mass is 10.2. The second kappa shape index (κ2) is 9.01. The van der Waals surface area contributed by atoms with Gasteiger partial charge in [0.15, 0.2) is 6.10 Å². The van der Waals surface area contributed by atoms with Crippen LogP contribution in [0.15, 0.2) is 53.4 Å². The van der Waals surface area contributed by atoms with Gasteiger partial charge < -0.3 is 10.1 Å². The summed E-state index contributed by atoms with van der Waals surface area (Å²) in [5.41, 5.74) is 1.62. The van der Waals surface area contributed by atoms with Crippen LogP contribution in [0.5, 0.6) is 5.75 Å². The molecule has 0 fully saturated rings. The van der Waals surface area contributed by atoms with E-state index in [0.29, 0.717) is 24.5 Å². The van der Waals surface area contributed by atoms with Gasteiger partial charge in [-0.3, -0.25) is 4.79 Å². The van der Waals surface area contributed by atoms with Gasteiger partial charge in [-0.1, -0.05) is 31.5 Å². The highest BCUT2D eigenvalue weighted by molar-refractivity contribution is 7.89. The Balaban J connectivity index is 2.03. The highest BCUT2D eigenvalue weighted by Crippen LogP contribution is 2.19. The zero-order chi connectivity index (χ0) is 20.0. The van der Waals surface area contributed by atoms with Crippen LogP contribution in [-0.4, -0.2) is 37.8 Å². The predicted octanol–water partition coefficient (Wildman–Crippen LogP) is 3.43. The fourth-order valence-corrected chi connectivity index (χ4v) is 4.00. The quantitative estimate of drug-likeness (QED) is 0.749.